The molecule has 1 atom stereocenters. The molecule has 2 N–H and O–H groups in total. The van der Waals surface area contributed by atoms with Crippen LogP contribution in [-0.4, -0.2) is 24.0 Å². The van der Waals surface area contributed by atoms with Gasteiger partial charge in [-0.1, -0.05) is 13.8 Å². The largest absolute Gasteiger partial charge is 0.347 e. The molecule has 90 valence electrons. The molecule has 0 aromatic carbocycles. The van der Waals surface area contributed by atoms with Crippen molar-refractivity contribution in [2.45, 2.75) is 32.7 Å². The first kappa shape index (κ1) is 13.1. The van der Waals surface area contributed by atoms with Crippen LogP contribution in [0.3, 0.4) is 0 Å². The maximum absolute atomic E-state index is 11.6. The number of nitrogens with zero attached hydrogens (tertiary/aromatic N) is 1. The molecule has 0 fully saturated rings. The van der Waals surface area contributed by atoms with Crippen molar-refractivity contribution in [2.24, 2.45) is 0 Å². The summed E-state index contributed by atoms with van der Waals surface area (Å²) in [5, 5.41) is 9.05. The van der Waals surface area contributed by atoms with Gasteiger partial charge in [0.1, 0.15) is 5.01 Å². The SMILES string of the molecule is CCNCCC(=O)NC(CC)c1nccs1. The van der Waals surface area contributed by atoms with Gasteiger partial charge < -0.3 is 10.6 Å². The Labute approximate surface area is 100 Å². The molecule has 1 rings (SSSR count). The smallest absolute Gasteiger partial charge is 0.221 e. The minimum atomic E-state index is 0.0640. The molecule has 0 spiro atoms. The summed E-state index contributed by atoms with van der Waals surface area (Å²) in [7, 11) is 0. The van der Waals surface area contributed by atoms with Crippen LogP contribution in [0.25, 0.3) is 0 Å². The molecule has 0 saturated carbocycles. The van der Waals surface area contributed by atoms with Gasteiger partial charge in [-0.2, -0.15) is 0 Å². The Morgan fingerprint density at radius 1 is 1.56 bits per heavy atom. The summed E-state index contributed by atoms with van der Waals surface area (Å²) in [5.41, 5.74) is 0. The molecule has 0 bridgehead atoms. The van der Waals surface area contributed by atoms with Crippen LogP contribution in [0.15, 0.2) is 11.6 Å². The van der Waals surface area contributed by atoms with E-state index in [2.05, 4.69) is 22.5 Å². The van der Waals surface area contributed by atoms with Crippen molar-refractivity contribution in [1.82, 2.24) is 15.6 Å². The van der Waals surface area contributed by atoms with E-state index in [1.54, 1.807) is 17.5 Å². The molecule has 0 aliphatic heterocycles. The van der Waals surface area contributed by atoms with Crippen LogP contribution in [0.2, 0.25) is 0 Å². The van der Waals surface area contributed by atoms with Crippen LogP contribution < -0.4 is 10.6 Å². The van der Waals surface area contributed by atoms with Gasteiger partial charge in [0, 0.05) is 24.5 Å². The third-order valence-corrected chi connectivity index (χ3v) is 3.16. The third-order valence-electron chi connectivity index (χ3n) is 2.27. The van der Waals surface area contributed by atoms with E-state index in [0.717, 1.165) is 24.5 Å². The summed E-state index contributed by atoms with van der Waals surface area (Å²) in [6, 6.07) is 0.0640. The van der Waals surface area contributed by atoms with Crippen molar-refractivity contribution in [3.05, 3.63) is 16.6 Å². The molecule has 4 nitrogen and oxygen atoms in total. The van der Waals surface area contributed by atoms with Gasteiger partial charge in [0.05, 0.1) is 6.04 Å². The molecule has 1 aromatic rings. The second kappa shape index (κ2) is 7.35. The zero-order chi connectivity index (χ0) is 11.8. The fourth-order valence-electron chi connectivity index (χ4n) is 1.39. The minimum absolute atomic E-state index is 0.0640. The predicted molar refractivity (Wildman–Crippen MR) is 66.4 cm³/mol. The average Bonchev–Trinajstić information content (AvgIpc) is 2.79. The molecule has 1 heterocycles. The van der Waals surface area contributed by atoms with E-state index >= 15 is 0 Å². The lowest BCUT2D eigenvalue weighted by Crippen LogP contribution is -2.30. The topological polar surface area (TPSA) is 54.0 Å². The van der Waals surface area contributed by atoms with Crippen molar-refractivity contribution in [2.75, 3.05) is 13.1 Å². The van der Waals surface area contributed by atoms with Crippen LogP contribution in [0.4, 0.5) is 0 Å². The van der Waals surface area contributed by atoms with Gasteiger partial charge in [-0.3, -0.25) is 4.79 Å². The fourth-order valence-corrected chi connectivity index (χ4v) is 2.16. The average molecular weight is 241 g/mol. The van der Waals surface area contributed by atoms with E-state index < -0.39 is 0 Å². The highest BCUT2D eigenvalue weighted by Crippen LogP contribution is 2.18. The molecular formula is C11H19N3OS. The highest BCUT2D eigenvalue weighted by molar-refractivity contribution is 7.09. The molecule has 0 radical (unpaired) electrons. The van der Waals surface area contributed by atoms with Crippen molar-refractivity contribution < 1.29 is 4.79 Å². The van der Waals surface area contributed by atoms with Crippen molar-refractivity contribution in [3.63, 3.8) is 0 Å². The van der Waals surface area contributed by atoms with E-state index in [-0.39, 0.29) is 11.9 Å². The van der Waals surface area contributed by atoms with Crippen LogP contribution >= 0.6 is 11.3 Å². The van der Waals surface area contributed by atoms with Crippen LogP contribution in [0.5, 0.6) is 0 Å². The van der Waals surface area contributed by atoms with Crippen LogP contribution in [0.1, 0.15) is 37.7 Å². The number of carbonyl (C=O) groups is 1. The normalized spacial score (nSPS) is 12.4. The van der Waals surface area contributed by atoms with Gasteiger partial charge in [-0.15, -0.1) is 11.3 Å². The molecule has 1 unspecified atom stereocenters. The maximum Gasteiger partial charge on any atom is 0.221 e. The highest BCUT2D eigenvalue weighted by atomic mass is 32.1. The van der Waals surface area contributed by atoms with E-state index in [9.17, 15) is 4.79 Å². The van der Waals surface area contributed by atoms with E-state index in [0.29, 0.717) is 6.42 Å². The van der Waals surface area contributed by atoms with Crippen molar-refractivity contribution >= 4 is 17.2 Å². The zero-order valence-electron chi connectivity index (χ0n) is 9.82. The molecule has 16 heavy (non-hydrogen) atoms. The van der Waals surface area contributed by atoms with Gasteiger partial charge >= 0.3 is 0 Å². The fraction of sp³-hybridized carbons (Fsp3) is 0.636. The zero-order valence-corrected chi connectivity index (χ0v) is 10.6. The standard InChI is InChI=1S/C11H19N3OS/c1-3-9(11-13-7-8-16-11)14-10(15)5-6-12-4-2/h7-9,12H,3-6H2,1-2H3,(H,14,15). The molecule has 0 saturated heterocycles. The quantitative estimate of drug-likeness (QED) is 0.715. The second-order valence-corrected chi connectivity index (χ2v) is 4.43. The highest BCUT2D eigenvalue weighted by Gasteiger charge is 2.14. The van der Waals surface area contributed by atoms with Gasteiger partial charge in [0.15, 0.2) is 0 Å². The van der Waals surface area contributed by atoms with Crippen LogP contribution in [-0.2, 0) is 4.79 Å². The lowest BCUT2D eigenvalue weighted by Gasteiger charge is -2.14. The van der Waals surface area contributed by atoms with E-state index in [1.807, 2.05) is 12.3 Å². The first-order valence-corrected chi connectivity index (χ1v) is 6.55. The summed E-state index contributed by atoms with van der Waals surface area (Å²) in [5.74, 6) is 0.0861. The van der Waals surface area contributed by atoms with Gasteiger partial charge in [0.25, 0.3) is 0 Å². The monoisotopic (exact) mass is 241 g/mol. The predicted octanol–water partition coefficient (Wildman–Crippen LogP) is 1.71. The maximum atomic E-state index is 11.6. The van der Waals surface area contributed by atoms with Crippen molar-refractivity contribution in [1.29, 1.82) is 0 Å². The summed E-state index contributed by atoms with van der Waals surface area (Å²) < 4.78 is 0. The summed E-state index contributed by atoms with van der Waals surface area (Å²) >= 11 is 1.58. The van der Waals surface area contributed by atoms with Crippen LogP contribution in [0, 0.1) is 0 Å². The Kier molecular flexibility index (Phi) is 6.03. The van der Waals surface area contributed by atoms with Gasteiger partial charge in [0.2, 0.25) is 5.91 Å². The third kappa shape index (κ3) is 4.28. The number of rotatable bonds is 7. The number of carbonyl (C=O) groups excluding carboxylic acids is 1. The van der Waals surface area contributed by atoms with E-state index in [4.69, 9.17) is 0 Å². The molecule has 5 heteroatoms. The number of thiazole rings is 1. The Balaban J connectivity index is 2.36. The van der Waals surface area contributed by atoms with Gasteiger partial charge in [-0.25, -0.2) is 4.98 Å². The molecular weight excluding hydrogens is 222 g/mol. The lowest BCUT2D eigenvalue weighted by molar-refractivity contribution is -0.121. The molecule has 0 aliphatic carbocycles. The first-order chi connectivity index (χ1) is 7.77. The Morgan fingerprint density at radius 2 is 2.38 bits per heavy atom. The minimum Gasteiger partial charge on any atom is -0.347 e. The number of aromatic nitrogens is 1. The Bertz CT molecular complexity index is 300. The summed E-state index contributed by atoms with van der Waals surface area (Å²) in [6.07, 6.45) is 3.17. The summed E-state index contributed by atoms with van der Waals surface area (Å²) in [4.78, 5) is 15.8. The summed E-state index contributed by atoms with van der Waals surface area (Å²) in [6.45, 7) is 5.71. The van der Waals surface area contributed by atoms with Crippen molar-refractivity contribution in [3.8, 4) is 0 Å². The second-order valence-electron chi connectivity index (χ2n) is 3.50. The first-order valence-electron chi connectivity index (χ1n) is 5.67. The number of nitrogens with one attached hydrogen (secondary N) is 2. The Morgan fingerprint density at radius 3 is 2.94 bits per heavy atom. The van der Waals surface area contributed by atoms with E-state index in [1.165, 1.54) is 0 Å². The molecule has 1 aromatic heterocycles. The molecule has 1 amide bonds. The Hall–Kier alpha value is -0.940. The lowest BCUT2D eigenvalue weighted by atomic mass is 10.2. The number of hydrogen-bond acceptors (Lipinski definition) is 4. The molecule has 0 aliphatic rings. The number of hydrogen-bond donors (Lipinski definition) is 2. The van der Waals surface area contributed by atoms with Gasteiger partial charge in [-0.05, 0) is 13.0 Å². The number of amides is 1.